The SMILES string of the molecule is CCOC(=O)[C@H]1CCCN(C(=O)c2cc3sccc3n2Cc2cccc(C)c2)C1. The van der Waals surface area contributed by atoms with E-state index < -0.39 is 0 Å². The van der Waals surface area contributed by atoms with Crippen LogP contribution in [-0.4, -0.2) is 41.0 Å². The zero-order valence-electron chi connectivity index (χ0n) is 16.9. The van der Waals surface area contributed by atoms with Gasteiger partial charge in [-0.15, -0.1) is 11.3 Å². The monoisotopic (exact) mass is 410 g/mol. The van der Waals surface area contributed by atoms with Crippen LogP contribution in [0.5, 0.6) is 0 Å². The number of aromatic nitrogens is 1. The van der Waals surface area contributed by atoms with Gasteiger partial charge in [0, 0.05) is 19.6 Å². The van der Waals surface area contributed by atoms with Crippen molar-refractivity contribution in [3.05, 3.63) is 58.6 Å². The van der Waals surface area contributed by atoms with Crippen LogP contribution in [0.2, 0.25) is 0 Å². The normalized spacial score (nSPS) is 16.9. The predicted octanol–water partition coefficient (Wildman–Crippen LogP) is 4.47. The van der Waals surface area contributed by atoms with Crippen LogP contribution in [0.25, 0.3) is 10.2 Å². The zero-order chi connectivity index (χ0) is 20.4. The molecule has 29 heavy (non-hydrogen) atoms. The molecule has 0 unspecified atom stereocenters. The summed E-state index contributed by atoms with van der Waals surface area (Å²) >= 11 is 1.65. The summed E-state index contributed by atoms with van der Waals surface area (Å²) in [5.74, 6) is -0.426. The van der Waals surface area contributed by atoms with Gasteiger partial charge in [0.2, 0.25) is 0 Å². The first-order chi connectivity index (χ1) is 14.1. The number of esters is 1. The summed E-state index contributed by atoms with van der Waals surface area (Å²) in [5.41, 5.74) is 4.15. The van der Waals surface area contributed by atoms with Crippen LogP contribution in [0, 0.1) is 12.8 Å². The van der Waals surface area contributed by atoms with Crippen molar-refractivity contribution in [2.45, 2.75) is 33.2 Å². The Kier molecular flexibility index (Phi) is 5.72. The molecule has 0 saturated carbocycles. The number of ether oxygens (including phenoxy) is 1. The number of fused-ring (bicyclic) bond motifs is 1. The molecule has 1 aliphatic heterocycles. The van der Waals surface area contributed by atoms with Gasteiger partial charge >= 0.3 is 5.97 Å². The summed E-state index contributed by atoms with van der Waals surface area (Å²) in [6, 6.07) is 12.4. The van der Waals surface area contributed by atoms with Gasteiger partial charge in [0.15, 0.2) is 0 Å². The number of carbonyl (C=O) groups excluding carboxylic acids is 2. The number of hydrogen-bond acceptors (Lipinski definition) is 4. The van der Waals surface area contributed by atoms with Crippen LogP contribution >= 0.6 is 11.3 Å². The molecule has 1 saturated heterocycles. The van der Waals surface area contributed by atoms with Crippen molar-refractivity contribution >= 4 is 33.4 Å². The molecule has 5 nitrogen and oxygen atoms in total. The van der Waals surface area contributed by atoms with Crippen LogP contribution in [0.4, 0.5) is 0 Å². The third-order valence-electron chi connectivity index (χ3n) is 5.49. The van der Waals surface area contributed by atoms with Gasteiger partial charge in [-0.1, -0.05) is 29.8 Å². The predicted molar refractivity (Wildman–Crippen MR) is 115 cm³/mol. The molecule has 3 aromatic rings. The fourth-order valence-corrected chi connectivity index (χ4v) is 4.92. The van der Waals surface area contributed by atoms with E-state index in [-0.39, 0.29) is 17.8 Å². The van der Waals surface area contributed by atoms with Gasteiger partial charge in [-0.05, 0) is 49.8 Å². The van der Waals surface area contributed by atoms with E-state index in [1.54, 1.807) is 11.3 Å². The quantitative estimate of drug-likeness (QED) is 0.583. The Morgan fingerprint density at radius 3 is 2.90 bits per heavy atom. The molecule has 0 aliphatic carbocycles. The second-order valence-electron chi connectivity index (χ2n) is 7.62. The molecule has 0 spiro atoms. The first-order valence-electron chi connectivity index (χ1n) is 10.1. The molecule has 0 radical (unpaired) electrons. The van der Waals surface area contributed by atoms with E-state index in [2.05, 4.69) is 47.2 Å². The Morgan fingerprint density at radius 2 is 2.10 bits per heavy atom. The molecule has 6 heteroatoms. The van der Waals surface area contributed by atoms with Crippen LogP contribution in [0.1, 0.15) is 41.4 Å². The molecular formula is C23H26N2O3S. The Balaban J connectivity index is 1.62. The molecule has 1 fully saturated rings. The summed E-state index contributed by atoms with van der Waals surface area (Å²) in [4.78, 5) is 27.4. The summed E-state index contributed by atoms with van der Waals surface area (Å²) < 4.78 is 8.40. The smallest absolute Gasteiger partial charge is 0.310 e. The summed E-state index contributed by atoms with van der Waals surface area (Å²) in [5, 5.41) is 2.06. The first-order valence-corrected chi connectivity index (χ1v) is 11.0. The summed E-state index contributed by atoms with van der Waals surface area (Å²) in [6.07, 6.45) is 1.60. The number of piperidine rings is 1. The number of carbonyl (C=O) groups is 2. The van der Waals surface area contributed by atoms with Crippen molar-refractivity contribution in [3.8, 4) is 0 Å². The molecule has 0 bridgehead atoms. The number of likely N-dealkylation sites (tertiary alicyclic amines) is 1. The van der Waals surface area contributed by atoms with Crippen LogP contribution in [-0.2, 0) is 16.1 Å². The van der Waals surface area contributed by atoms with E-state index in [4.69, 9.17) is 4.74 Å². The van der Waals surface area contributed by atoms with Gasteiger partial charge in [0.25, 0.3) is 5.91 Å². The molecular weight excluding hydrogens is 384 g/mol. The Hall–Kier alpha value is -2.60. The van der Waals surface area contributed by atoms with E-state index in [0.29, 0.717) is 31.9 Å². The number of thiophene rings is 1. The highest BCUT2D eigenvalue weighted by Crippen LogP contribution is 2.28. The maximum Gasteiger partial charge on any atom is 0.310 e. The third kappa shape index (κ3) is 4.08. The van der Waals surface area contributed by atoms with Crippen LogP contribution in [0.3, 0.4) is 0 Å². The van der Waals surface area contributed by atoms with Gasteiger partial charge in [0.05, 0.1) is 22.7 Å². The van der Waals surface area contributed by atoms with Gasteiger partial charge in [-0.2, -0.15) is 0 Å². The zero-order valence-corrected chi connectivity index (χ0v) is 17.7. The lowest BCUT2D eigenvalue weighted by molar-refractivity contribution is -0.149. The topological polar surface area (TPSA) is 51.5 Å². The largest absolute Gasteiger partial charge is 0.466 e. The fraction of sp³-hybridized carbons (Fsp3) is 0.391. The van der Waals surface area contributed by atoms with Crippen LogP contribution < -0.4 is 0 Å². The van der Waals surface area contributed by atoms with E-state index in [1.165, 1.54) is 11.1 Å². The number of aryl methyl sites for hydroxylation is 1. The lowest BCUT2D eigenvalue weighted by Gasteiger charge is -2.31. The summed E-state index contributed by atoms with van der Waals surface area (Å²) in [6.45, 7) is 6.03. The van der Waals surface area contributed by atoms with Gasteiger partial charge in [-0.3, -0.25) is 9.59 Å². The lowest BCUT2D eigenvalue weighted by atomic mass is 9.98. The van der Waals surface area contributed by atoms with Gasteiger partial charge < -0.3 is 14.2 Å². The Morgan fingerprint density at radius 1 is 1.24 bits per heavy atom. The highest BCUT2D eigenvalue weighted by atomic mass is 32.1. The Bertz CT molecular complexity index is 1040. The second-order valence-corrected chi connectivity index (χ2v) is 8.56. The minimum Gasteiger partial charge on any atom is -0.466 e. The molecule has 1 atom stereocenters. The fourth-order valence-electron chi connectivity index (χ4n) is 4.09. The maximum absolute atomic E-state index is 13.4. The maximum atomic E-state index is 13.4. The number of benzene rings is 1. The van der Waals surface area contributed by atoms with Gasteiger partial charge in [0.1, 0.15) is 5.69 Å². The first kappa shape index (κ1) is 19.7. The second kappa shape index (κ2) is 8.41. The van der Waals surface area contributed by atoms with Crippen molar-refractivity contribution in [3.63, 3.8) is 0 Å². The standard InChI is InChI=1S/C23H26N2O3S/c1-3-28-23(27)18-8-5-10-24(15-18)22(26)20-13-21-19(9-11-29-21)25(20)14-17-7-4-6-16(2)12-17/h4,6-7,9,11-13,18H,3,5,8,10,14-15H2,1-2H3/t18-/m0/s1. The molecule has 152 valence electrons. The highest BCUT2D eigenvalue weighted by molar-refractivity contribution is 7.17. The van der Waals surface area contributed by atoms with Gasteiger partial charge in [-0.25, -0.2) is 0 Å². The van der Waals surface area contributed by atoms with Crippen LogP contribution in [0.15, 0.2) is 41.8 Å². The van der Waals surface area contributed by atoms with E-state index in [1.807, 2.05) is 17.9 Å². The van der Waals surface area contributed by atoms with Crippen molar-refractivity contribution < 1.29 is 14.3 Å². The van der Waals surface area contributed by atoms with Crippen molar-refractivity contribution in [2.24, 2.45) is 5.92 Å². The minimum atomic E-state index is -0.228. The molecule has 3 heterocycles. The summed E-state index contributed by atoms with van der Waals surface area (Å²) in [7, 11) is 0. The van der Waals surface area contributed by atoms with Crippen molar-refractivity contribution in [1.82, 2.24) is 9.47 Å². The minimum absolute atomic E-state index is 0.00458. The molecule has 1 aliphatic rings. The van der Waals surface area contributed by atoms with Crippen molar-refractivity contribution in [1.29, 1.82) is 0 Å². The molecule has 1 aromatic carbocycles. The Labute approximate surface area is 174 Å². The molecule has 2 aromatic heterocycles. The average Bonchev–Trinajstić information content (AvgIpc) is 3.30. The van der Waals surface area contributed by atoms with E-state index in [0.717, 1.165) is 23.1 Å². The number of hydrogen-bond donors (Lipinski definition) is 0. The third-order valence-corrected chi connectivity index (χ3v) is 6.35. The van der Waals surface area contributed by atoms with Crippen molar-refractivity contribution in [2.75, 3.05) is 19.7 Å². The van der Waals surface area contributed by atoms with E-state index >= 15 is 0 Å². The lowest BCUT2D eigenvalue weighted by Crippen LogP contribution is -2.43. The molecule has 0 N–H and O–H groups in total. The van der Waals surface area contributed by atoms with E-state index in [9.17, 15) is 9.59 Å². The number of amides is 1. The number of nitrogens with zero attached hydrogens (tertiary/aromatic N) is 2. The highest BCUT2D eigenvalue weighted by Gasteiger charge is 2.31. The number of rotatable bonds is 5. The molecule has 4 rings (SSSR count). The average molecular weight is 411 g/mol. The molecule has 1 amide bonds.